The second-order valence-corrected chi connectivity index (χ2v) is 8.76. The van der Waals surface area contributed by atoms with E-state index >= 15 is 0 Å². The van der Waals surface area contributed by atoms with Crippen LogP contribution < -0.4 is 5.32 Å². The molecule has 3 nitrogen and oxygen atoms in total. The van der Waals surface area contributed by atoms with E-state index in [2.05, 4.69) is 51.9 Å². The van der Waals surface area contributed by atoms with Crippen molar-refractivity contribution in [2.45, 2.75) is 103 Å². The van der Waals surface area contributed by atoms with Crippen molar-refractivity contribution in [2.75, 3.05) is 13.6 Å². The van der Waals surface area contributed by atoms with Crippen LogP contribution in [0.15, 0.2) is 0 Å². The molecule has 1 aliphatic heterocycles. The number of carbonyl (C=O) groups excluding carboxylic acids is 1. The highest BCUT2D eigenvalue weighted by molar-refractivity contribution is 5.75. The van der Waals surface area contributed by atoms with Crippen molar-refractivity contribution in [1.82, 2.24) is 10.2 Å². The monoisotopic (exact) mass is 324 g/mol. The van der Waals surface area contributed by atoms with Crippen LogP contribution in [0.25, 0.3) is 0 Å². The van der Waals surface area contributed by atoms with Gasteiger partial charge < -0.3 is 5.32 Å². The first-order valence-electron chi connectivity index (χ1n) is 9.69. The van der Waals surface area contributed by atoms with E-state index in [0.29, 0.717) is 12.3 Å². The molecule has 0 aromatic rings. The summed E-state index contributed by atoms with van der Waals surface area (Å²) in [6, 6.07) is 0. The third-order valence-corrected chi connectivity index (χ3v) is 5.77. The van der Waals surface area contributed by atoms with E-state index in [1.165, 1.54) is 38.5 Å². The van der Waals surface area contributed by atoms with E-state index in [9.17, 15) is 4.79 Å². The zero-order valence-electron chi connectivity index (χ0n) is 16.5. The van der Waals surface area contributed by atoms with E-state index in [4.69, 9.17) is 0 Å². The van der Waals surface area contributed by atoms with E-state index in [1.807, 2.05) is 0 Å². The molecule has 0 unspecified atom stereocenters. The first kappa shape index (κ1) is 20.5. The van der Waals surface area contributed by atoms with E-state index in [1.54, 1.807) is 0 Å². The third-order valence-electron chi connectivity index (χ3n) is 5.77. The first-order chi connectivity index (χ1) is 10.7. The van der Waals surface area contributed by atoms with Crippen molar-refractivity contribution < 1.29 is 4.79 Å². The summed E-state index contributed by atoms with van der Waals surface area (Å²) < 4.78 is 0. The van der Waals surface area contributed by atoms with Crippen LogP contribution in [0.1, 0.15) is 92.4 Å². The Balaban J connectivity index is 2.24. The van der Waals surface area contributed by atoms with Crippen LogP contribution in [0.2, 0.25) is 0 Å². The second-order valence-electron chi connectivity index (χ2n) is 8.76. The smallest absolute Gasteiger partial charge is 0.219 e. The van der Waals surface area contributed by atoms with Crippen LogP contribution in [-0.4, -0.2) is 35.5 Å². The molecule has 1 rings (SSSR count). The van der Waals surface area contributed by atoms with Gasteiger partial charge in [-0.15, -0.1) is 0 Å². The molecule has 0 aromatic heterocycles. The van der Waals surface area contributed by atoms with Crippen molar-refractivity contribution in [3.05, 3.63) is 0 Å². The molecule has 1 heterocycles. The van der Waals surface area contributed by atoms with Crippen molar-refractivity contribution >= 4 is 5.91 Å². The predicted molar refractivity (Wildman–Crippen MR) is 99.6 cm³/mol. The lowest BCUT2D eigenvalue weighted by molar-refractivity contribution is -0.121. The summed E-state index contributed by atoms with van der Waals surface area (Å²) in [7, 11) is 2.25. The molecule has 0 bridgehead atoms. The summed E-state index contributed by atoms with van der Waals surface area (Å²) in [4.78, 5) is 14.4. The maximum Gasteiger partial charge on any atom is 0.219 e. The fraction of sp³-hybridized carbons (Fsp3) is 0.950. The number of nitrogens with zero attached hydrogens (tertiary/aromatic N) is 1. The van der Waals surface area contributed by atoms with Crippen LogP contribution in [0.5, 0.6) is 0 Å². The molecule has 1 aliphatic rings. The maximum absolute atomic E-state index is 11.9. The quantitative estimate of drug-likeness (QED) is 0.621. The molecule has 23 heavy (non-hydrogen) atoms. The van der Waals surface area contributed by atoms with Gasteiger partial charge in [-0.2, -0.15) is 0 Å². The number of rotatable bonds is 9. The lowest BCUT2D eigenvalue weighted by atomic mass is 9.73. The molecule has 0 radical (unpaired) electrons. The van der Waals surface area contributed by atoms with Gasteiger partial charge in [0.25, 0.3) is 0 Å². The summed E-state index contributed by atoms with van der Waals surface area (Å²) in [5, 5.41) is 3.13. The summed E-state index contributed by atoms with van der Waals surface area (Å²) in [6.07, 6.45) is 10.3. The Morgan fingerprint density at radius 3 is 2.17 bits per heavy atom. The number of hydrogen-bond donors (Lipinski definition) is 1. The average molecular weight is 325 g/mol. The number of carbonyl (C=O) groups is 1. The molecule has 3 heteroatoms. The highest BCUT2D eigenvalue weighted by Crippen LogP contribution is 2.41. The topological polar surface area (TPSA) is 32.3 Å². The van der Waals surface area contributed by atoms with Crippen LogP contribution in [0, 0.1) is 5.92 Å². The second kappa shape index (κ2) is 9.05. The highest BCUT2D eigenvalue weighted by Gasteiger charge is 2.42. The fourth-order valence-electron chi connectivity index (χ4n) is 4.18. The third kappa shape index (κ3) is 6.82. The first-order valence-corrected chi connectivity index (χ1v) is 9.69. The molecule has 0 aromatic carbocycles. The van der Waals surface area contributed by atoms with Gasteiger partial charge >= 0.3 is 0 Å². The minimum absolute atomic E-state index is 0.243. The van der Waals surface area contributed by atoms with Gasteiger partial charge in [-0.25, -0.2) is 0 Å². The predicted octanol–water partition coefficient (Wildman–Crippen LogP) is 4.75. The van der Waals surface area contributed by atoms with Crippen LogP contribution in [-0.2, 0) is 4.79 Å². The van der Waals surface area contributed by atoms with Crippen LogP contribution in [0.3, 0.4) is 0 Å². The number of nitrogens with one attached hydrogen (secondary N) is 1. The molecule has 1 saturated heterocycles. The summed E-state index contributed by atoms with van der Waals surface area (Å²) >= 11 is 0. The molecule has 1 fully saturated rings. The largest absolute Gasteiger partial charge is 0.356 e. The summed E-state index contributed by atoms with van der Waals surface area (Å²) in [6.45, 7) is 12.4. The molecule has 136 valence electrons. The maximum atomic E-state index is 11.9. The molecule has 0 saturated carbocycles. The minimum Gasteiger partial charge on any atom is -0.356 e. The Morgan fingerprint density at radius 1 is 1.04 bits per heavy atom. The van der Waals surface area contributed by atoms with Gasteiger partial charge in [0.15, 0.2) is 0 Å². The number of amides is 1. The Bertz CT molecular complexity index is 345. The Labute approximate surface area is 144 Å². The zero-order chi connectivity index (χ0) is 17.5. The molecule has 0 spiro atoms. The van der Waals surface area contributed by atoms with Crippen molar-refractivity contribution in [2.24, 2.45) is 5.92 Å². The van der Waals surface area contributed by atoms with Gasteiger partial charge in [-0.1, -0.05) is 32.6 Å². The Kier molecular flexibility index (Phi) is 8.06. The SMILES string of the molecule is CCCCCCCC(=O)NCCC1CC(C)(C)N(C)C(C)(C)C1. The van der Waals surface area contributed by atoms with Gasteiger partial charge in [0.05, 0.1) is 0 Å². The molecular formula is C20H40N2O. The molecule has 1 amide bonds. The highest BCUT2D eigenvalue weighted by atomic mass is 16.1. The average Bonchev–Trinajstić information content (AvgIpc) is 2.44. The van der Waals surface area contributed by atoms with Gasteiger partial charge in [0, 0.05) is 24.0 Å². The van der Waals surface area contributed by atoms with Crippen LogP contribution in [0.4, 0.5) is 0 Å². The number of hydrogen-bond acceptors (Lipinski definition) is 2. The van der Waals surface area contributed by atoms with Crippen molar-refractivity contribution in [3.8, 4) is 0 Å². The van der Waals surface area contributed by atoms with Crippen LogP contribution >= 0.6 is 0 Å². The Hall–Kier alpha value is -0.570. The lowest BCUT2D eigenvalue weighted by Crippen LogP contribution is -2.58. The van der Waals surface area contributed by atoms with Crippen molar-refractivity contribution in [1.29, 1.82) is 0 Å². The summed E-state index contributed by atoms with van der Waals surface area (Å²) in [5.74, 6) is 0.953. The van der Waals surface area contributed by atoms with Gasteiger partial charge in [0.2, 0.25) is 5.91 Å². The number of piperidine rings is 1. The Morgan fingerprint density at radius 2 is 1.61 bits per heavy atom. The fourth-order valence-corrected chi connectivity index (χ4v) is 4.18. The molecule has 0 atom stereocenters. The molecule has 0 aliphatic carbocycles. The standard InChI is InChI=1S/C20H40N2O/c1-7-8-9-10-11-12-18(23)21-14-13-17-15-19(2,3)22(6)20(4,5)16-17/h17H,7-16H2,1-6H3,(H,21,23). The zero-order valence-corrected chi connectivity index (χ0v) is 16.5. The number of unbranched alkanes of at least 4 members (excludes halogenated alkanes) is 4. The molecular weight excluding hydrogens is 284 g/mol. The van der Waals surface area contributed by atoms with E-state index in [0.717, 1.165) is 19.4 Å². The molecule has 1 N–H and O–H groups in total. The minimum atomic E-state index is 0.243. The number of likely N-dealkylation sites (tertiary alicyclic amines) is 1. The van der Waals surface area contributed by atoms with Gasteiger partial charge in [-0.05, 0) is 66.3 Å². The lowest BCUT2D eigenvalue weighted by Gasteiger charge is -2.53. The van der Waals surface area contributed by atoms with Crippen molar-refractivity contribution in [3.63, 3.8) is 0 Å². The normalized spacial score (nSPS) is 21.3. The summed E-state index contributed by atoms with van der Waals surface area (Å²) in [5.41, 5.74) is 0.491. The van der Waals surface area contributed by atoms with E-state index in [-0.39, 0.29) is 17.0 Å². The van der Waals surface area contributed by atoms with Gasteiger partial charge in [0.1, 0.15) is 0 Å². The van der Waals surface area contributed by atoms with Gasteiger partial charge in [-0.3, -0.25) is 9.69 Å². The van der Waals surface area contributed by atoms with E-state index < -0.39 is 0 Å².